The van der Waals surface area contributed by atoms with Crippen LogP contribution >= 0.6 is 0 Å². The van der Waals surface area contributed by atoms with E-state index in [0.29, 0.717) is 13.1 Å². The van der Waals surface area contributed by atoms with Gasteiger partial charge in [-0.2, -0.15) is 0 Å². The maximum atomic E-state index is 12.7. The minimum Gasteiger partial charge on any atom is -0.378 e. The van der Waals surface area contributed by atoms with E-state index >= 15 is 0 Å². The second-order valence-electron chi connectivity index (χ2n) is 4.50. The molecule has 0 aliphatic carbocycles. The summed E-state index contributed by atoms with van der Waals surface area (Å²) in [4.78, 5) is 1.81. The molecule has 0 aromatic rings. The number of likely N-dealkylation sites (tertiary alicyclic amines) is 1. The summed E-state index contributed by atoms with van der Waals surface area (Å²) in [7, 11) is 1.68. The highest BCUT2D eigenvalue weighted by Gasteiger charge is 2.33. The number of nitrogens with zero attached hydrogens (tertiary/aromatic N) is 1. The molecule has 4 heteroatoms. The topological polar surface area (TPSA) is 12.5 Å². The lowest BCUT2D eigenvalue weighted by molar-refractivity contribution is -0.0693. The van der Waals surface area contributed by atoms with Gasteiger partial charge in [0, 0.05) is 27.1 Å². The summed E-state index contributed by atoms with van der Waals surface area (Å²) in [6, 6.07) is 0. The van der Waals surface area contributed by atoms with Gasteiger partial charge in [-0.25, -0.2) is 8.78 Å². The summed E-state index contributed by atoms with van der Waals surface area (Å²) >= 11 is 0. The molecule has 1 fully saturated rings. The van der Waals surface area contributed by atoms with E-state index in [2.05, 4.69) is 0 Å². The molecule has 0 N–H and O–H groups in total. The maximum Gasteiger partial charge on any atom is 0.257 e. The number of methoxy groups -OCH3 is 1. The fourth-order valence-electron chi connectivity index (χ4n) is 1.78. The predicted octanol–water partition coefficient (Wildman–Crippen LogP) is 2.14. The molecule has 1 rings (SSSR count). The van der Waals surface area contributed by atoms with Crippen LogP contribution in [-0.2, 0) is 4.74 Å². The second-order valence-corrected chi connectivity index (χ2v) is 4.50. The normalized spacial score (nSPS) is 23.8. The van der Waals surface area contributed by atoms with Crippen LogP contribution in [0, 0.1) is 0 Å². The van der Waals surface area contributed by atoms with Crippen LogP contribution in [0.1, 0.15) is 26.7 Å². The Kier molecular flexibility index (Phi) is 3.48. The lowest BCUT2D eigenvalue weighted by Gasteiger charge is -2.39. The van der Waals surface area contributed by atoms with Crippen molar-refractivity contribution in [3.8, 4) is 0 Å². The molecule has 0 unspecified atom stereocenters. The van der Waals surface area contributed by atoms with Crippen molar-refractivity contribution in [2.75, 3.05) is 26.7 Å². The summed E-state index contributed by atoms with van der Waals surface area (Å²) in [6.07, 6.45) is 1.67. The van der Waals surface area contributed by atoms with Gasteiger partial charge in [-0.1, -0.05) is 0 Å². The lowest BCUT2D eigenvalue weighted by Crippen LogP contribution is -2.46. The van der Waals surface area contributed by atoms with Gasteiger partial charge in [0.15, 0.2) is 0 Å². The smallest absolute Gasteiger partial charge is 0.257 e. The van der Waals surface area contributed by atoms with Crippen LogP contribution in [0.2, 0.25) is 0 Å². The van der Waals surface area contributed by atoms with Crippen molar-refractivity contribution in [1.29, 1.82) is 0 Å². The van der Waals surface area contributed by atoms with Gasteiger partial charge in [0.25, 0.3) is 5.92 Å². The van der Waals surface area contributed by atoms with Crippen LogP contribution in [0.4, 0.5) is 8.78 Å². The molecule has 0 aromatic heterocycles. The highest BCUT2D eigenvalue weighted by atomic mass is 19.3. The average Bonchev–Trinajstić information content (AvgIpc) is 2.07. The Balaban J connectivity index is 2.36. The van der Waals surface area contributed by atoms with Gasteiger partial charge < -0.3 is 4.74 Å². The number of halogens is 2. The predicted molar refractivity (Wildman–Crippen MR) is 51.7 cm³/mol. The van der Waals surface area contributed by atoms with Gasteiger partial charge in [-0.05, 0) is 19.8 Å². The number of alkyl halides is 2. The Morgan fingerprint density at radius 1 is 1.36 bits per heavy atom. The van der Waals surface area contributed by atoms with E-state index in [1.807, 2.05) is 6.92 Å². The van der Waals surface area contributed by atoms with Crippen LogP contribution in [0.3, 0.4) is 0 Å². The van der Waals surface area contributed by atoms with Gasteiger partial charge in [0.1, 0.15) is 0 Å². The van der Waals surface area contributed by atoms with Gasteiger partial charge in [-0.3, -0.25) is 4.90 Å². The van der Waals surface area contributed by atoms with Crippen molar-refractivity contribution in [1.82, 2.24) is 4.90 Å². The Morgan fingerprint density at radius 2 is 1.86 bits per heavy atom. The lowest BCUT2D eigenvalue weighted by atomic mass is 9.93. The van der Waals surface area contributed by atoms with E-state index in [4.69, 9.17) is 4.74 Å². The Labute approximate surface area is 84.2 Å². The fraction of sp³-hybridized carbons (Fsp3) is 1.00. The van der Waals surface area contributed by atoms with Crippen LogP contribution in [-0.4, -0.2) is 43.2 Å². The van der Waals surface area contributed by atoms with Gasteiger partial charge in [0.05, 0.1) is 12.1 Å². The quantitative estimate of drug-likeness (QED) is 0.703. The third kappa shape index (κ3) is 3.50. The second kappa shape index (κ2) is 4.11. The average molecular weight is 207 g/mol. The molecular formula is C10H19F2NO. The molecule has 84 valence electrons. The van der Waals surface area contributed by atoms with Crippen LogP contribution in [0.15, 0.2) is 0 Å². The molecule has 0 bridgehead atoms. The molecular weight excluding hydrogens is 188 g/mol. The van der Waals surface area contributed by atoms with E-state index in [0.717, 1.165) is 19.8 Å². The van der Waals surface area contributed by atoms with E-state index in [9.17, 15) is 8.78 Å². The molecule has 14 heavy (non-hydrogen) atoms. The van der Waals surface area contributed by atoms with Gasteiger partial charge >= 0.3 is 0 Å². The fourth-order valence-corrected chi connectivity index (χ4v) is 1.78. The summed E-state index contributed by atoms with van der Waals surface area (Å²) in [5.41, 5.74) is -0.112. The highest BCUT2D eigenvalue weighted by molar-refractivity contribution is 4.84. The SMILES string of the molecule is COC1(C)CCN(CC(C)(F)F)CC1. The first-order valence-corrected chi connectivity index (χ1v) is 5.00. The molecule has 1 heterocycles. The standard InChI is InChI=1S/C10H19F2NO/c1-9(14-3)4-6-13(7-5-9)8-10(2,11)12/h4-8H2,1-3H3. The first kappa shape index (κ1) is 11.9. The molecule has 0 aromatic carbocycles. The number of hydrogen-bond donors (Lipinski definition) is 0. The first-order chi connectivity index (χ1) is 6.35. The maximum absolute atomic E-state index is 12.7. The summed E-state index contributed by atoms with van der Waals surface area (Å²) < 4.78 is 30.8. The van der Waals surface area contributed by atoms with Crippen molar-refractivity contribution in [2.24, 2.45) is 0 Å². The zero-order chi connectivity index (χ0) is 10.8. The highest BCUT2D eigenvalue weighted by Crippen LogP contribution is 2.26. The third-order valence-corrected chi connectivity index (χ3v) is 2.91. The Morgan fingerprint density at radius 3 is 2.21 bits per heavy atom. The minimum absolute atomic E-state index is 0.112. The first-order valence-electron chi connectivity index (χ1n) is 5.00. The summed E-state index contributed by atoms with van der Waals surface area (Å²) in [5.74, 6) is -2.58. The molecule has 1 saturated heterocycles. The molecule has 0 spiro atoms. The van der Waals surface area contributed by atoms with Crippen molar-refractivity contribution in [3.63, 3.8) is 0 Å². The Bertz CT molecular complexity index is 183. The molecule has 0 atom stereocenters. The monoisotopic (exact) mass is 207 g/mol. The zero-order valence-electron chi connectivity index (χ0n) is 9.15. The molecule has 1 aliphatic heterocycles. The number of hydrogen-bond acceptors (Lipinski definition) is 2. The van der Waals surface area contributed by atoms with E-state index < -0.39 is 5.92 Å². The molecule has 0 amide bonds. The van der Waals surface area contributed by atoms with Gasteiger partial charge in [-0.15, -0.1) is 0 Å². The van der Waals surface area contributed by atoms with Crippen molar-refractivity contribution in [2.45, 2.75) is 38.2 Å². The van der Waals surface area contributed by atoms with E-state index in [1.165, 1.54) is 0 Å². The largest absolute Gasteiger partial charge is 0.378 e. The summed E-state index contributed by atoms with van der Waals surface area (Å²) in [5, 5.41) is 0. The molecule has 0 saturated carbocycles. The van der Waals surface area contributed by atoms with Crippen molar-refractivity contribution in [3.05, 3.63) is 0 Å². The molecule has 2 nitrogen and oxygen atoms in total. The molecule has 1 aliphatic rings. The zero-order valence-corrected chi connectivity index (χ0v) is 9.15. The summed E-state index contributed by atoms with van der Waals surface area (Å²) in [6.45, 7) is 4.28. The van der Waals surface area contributed by atoms with Crippen LogP contribution in [0.5, 0.6) is 0 Å². The van der Waals surface area contributed by atoms with Gasteiger partial charge in [0.2, 0.25) is 0 Å². The van der Waals surface area contributed by atoms with E-state index in [-0.39, 0.29) is 12.1 Å². The van der Waals surface area contributed by atoms with Crippen LogP contribution in [0.25, 0.3) is 0 Å². The van der Waals surface area contributed by atoms with E-state index in [1.54, 1.807) is 12.0 Å². The Hall–Kier alpha value is -0.220. The number of piperidine rings is 1. The number of rotatable bonds is 3. The molecule has 0 radical (unpaired) electrons. The van der Waals surface area contributed by atoms with Crippen molar-refractivity contribution < 1.29 is 13.5 Å². The number of ether oxygens (including phenoxy) is 1. The minimum atomic E-state index is -2.58. The third-order valence-electron chi connectivity index (χ3n) is 2.91. The van der Waals surface area contributed by atoms with Crippen molar-refractivity contribution >= 4 is 0 Å². The van der Waals surface area contributed by atoms with Crippen LogP contribution < -0.4 is 0 Å².